The standard InChI is InChI=1S/C16H20N2O/c1-15(2)12-8-9-16(15,3)14(19)13(12)18-11-6-4-10(17)5-7-11/h4-7,12H,8-9,17H2,1-3H3. The zero-order chi connectivity index (χ0) is 13.8. The number of ketones is 1. The van der Waals surface area contributed by atoms with E-state index in [1.54, 1.807) is 0 Å². The maximum atomic E-state index is 12.6. The molecule has 0 amide bonds. The fourth-order valence-electron chi connectivity index (χ4n) is 3.64. The molecule has 2 fully saturated rings. The number of fused-ring (bicyclic) bond motifs is 2. The zero-order valence-corrected chi connectivity index (χ0v) is 11.7. The lowest BCUT2D eigenvalue weighted by molar-refractivity contribution is -0.123. The van der Waals surface area contributed by atoms with Crippen LogP contribution >= 0.6 is 0 Å². The quantitative estimate of drug-likeness (QED) is 0.783. The number of anilines is 1. The summed E-state index contributed by atoms with van der Waals surface area (Å²) in [6.07, 6.45) is 2.06. The molecule has 19 heavy (non-hydrogen) atoms. The molecule has 0 radical (unpaired) electrons. The van der Waals surface area contributed by atoms with E-state index >= 15 is 0 Å². The van der Waals surface area contributed by atoms with Crippen molar-refractivity contribution >= 4 is 22.9 Å². The first-order valence-electron chi connectivity index (χ1n) is 6.85. The first-order chi connectivity index (χ1) is 8.86. The molecule has 3 heteroatoms. The van der Waals surface area contributed by atoms with Crippen molar-refractivity contribution in [2.45, 2.75) is 33.6 Å². The van der Waals surface area contributed by atoms with Crippen LogP contribution in [0.15, 0.2) is 29.3 Å². The van der Waals surface area contributed by atoms with Gasteiger partial charge in [0.25, 0.3) is 0 Å². The number of hydrogen-bond acceptors (Lipinski definition) is 3. The summed E-state index contributed by atoms with van der Waals surface area (Å²) in [6, 6.07) is 7.39. The molecular formula is C16H20N2O. The van der Waals surface area contributed by atoms with Gasteiger partial charge in [-0.05, 0) is 42.5 Å². The van der Waals surface area contributed by atoms with E-state index in [9.17, 15) is 4.79 Å². The first kappa shape index (κ1) is 12.4. The lowest BCUT2D eigenvalue weighted by atomic mass is 9.70. The summed E-state index contributed by atoms with van der Waals surface area (Å²) in [5.41, 5.74) is 7.77. The maximum absolute atomic E-state index is 12.6. The molecule has 2 saturated carbocycles. The monoisotopic (exact) mass is 256 g/mol. The highest BCUT2D eigenvalue weighted by Crippen LogP contribution is 2.62. The van der Waals surface area contributed by atoms with Gasteiger partial charge < -0.3 is 5.73 Å². The van der Waals surface area contributed by atoms with E-state index in [1.165, 1.54) is 0 Å². The van der Waals surface area contributed by atoms with Crippen LogP contribution in [0.3, 0.4) is 0 Å². The predicted molar refractivity (Wildman–Crippen MR) is 77.6 cm³/mol. The minimum Gasteiger partial charge on any atom is -0.399 e. The molecule has 2 aliphatic carbocycles. The predicted octanol–water partition coefficient (Wildman–Crippen LogP) is 3.37. The number of nitrogens with two attached hydrogens (primary N) is 1. The van der Waals surface area contributed by atoms with Crippen LogP contribution in [0.2, 0.25) is 0 Å². The molecule has 0 aliphatic heterocycles. The van der Waals surface area contributed by atoms with Gasteiger partial charge in [-0.3, -0.25) is 4.79 Å². The van der Waals surface area contributed by atoms with Gasteiger partial charge in [-0.1, -0.05) is 20.8 Å². The topological polar surface area (TPSA) is 55.4 Å². The van der Waals surface area contributed by atoms with Crippen LogP contribution in [0.1, 0.15) is 33.6 Å². The summed E-state index contributed by atoms with van der Waals surface area (Å²) in [5, 5.41) is 0. The second-order valence-electron chi connectivity index (χ2n) is 6.56. The van der Waals surface area contributed by atoms with Gasteiger partial charge in [0.15, 0.2) is 5.78 Å². The van der Waals surface area contributed by atoms with E-state index in [1.807, 2.05) is 24.3 Å². The Bertz CT molecular complexity index is 571. The molecule has 2 N–H and O–H groups in total. The van der Waals surface area contributed by atoms with Crippen molar-refractivity contribution in [1.82, 2.24) is 0 Å². The van der Waals surface area contributed by atoms with Crippen LogP contribution in [0.5, 0.6) is 0 Å². The molecule has 0 spiro atoms. The molecule has 2 atom stereocenters. The zero-order valence-electron chi connectivity index (χ0n) is 11.7. The molecule has 3 rings (SSSR count). The molecule has 0 saturated heterocycles. The van der Waals surface area contributed by atoms with Crippen LogP contribution in [0.25, 0.3) is 0 Å². The van der Waals surface area contributed by atoms with Crippen molar-refractivity contribution in [3.05, 3.63) is 24.3 Å². The summed E-state index contributed by atoms with van der Waals surface area (Å²) < 4.78 is 0. The molecular weight excluding hydrogens is 236 g/mol. The van der Waals surface area contributed by atoms with Crippen molar-refractivity contribution in [2.24, 2.45) is 21.7 Å². The molecule has 2 unspecified atom stereocenters. The number of carbonyl (C=O) groups is 1. The lowest BCUT2D eigenvalue weighted by Gasteiger charge is -2.31. The van der Waals surface area contributed by atoms with E-state index in [0.29, 0.717) is 5.92 Å². The Balaban J connectivity index is 2.04. The third kappa shape index (κ3) is 1.50. The molecule has 3 nitrogen and oxygen atoms in total. The van der Waals surface area contributed by atoms with Crippen molar-refractivity contribution in [1.29, 1.82) is 0 Å². The van der Waals surface area contributed by atoms with Crippen molar-refractivity contribution in [3.8, 4) is 0 Å². The summed E-state index contributed by atoms with van der Waals surface area (Å²) in [6.45, 7) is 6.50. The minimum absolute atomic E-state index is 0.0245. The van der Waals surface area contributed by atoms with Crippen LogP contribution in [0.4, 0.5) is 11.4 Å². The van der Waals surface area contributed by atoms with Crippen LogP contribution < -0.4 is 5.73 Å². The van der Waals surface area contributed by atoms with E-state index in [4.69, 9.17) is 5.73 Å². The summed E-state index contributed by atoms with van der Waals surface area (Å²) >= 11 is 0. The number of rotatable bonds is 1. The molecule has 0 aromatic heterocycles. The Morgan fingerprint density at radius 3 is 2.37 bits per heavy atom. The highest BCUT2D eigenvalue weighted by atomic mass is 16.1. The van der Waals surface area contributed by atoms with Crippen LogP contribution in [-0.4, -0.2) is 11.5 Å². The number of nitrogen functional groups attached to an aromatic ring is 1. The van der Waals surface area contributed by atoms with E-state index in [0.717, 1.165) is 29.9 Å². The third-order valence-electron chi connectivity index (χ3n) is 5.43. The first-order valence-corrected chi connectivity index (χ1v) is 6.85. The molecule has 2 aliphatic rings. The van der Waals surface area contributed by atoms with Gasteiger partial charge in [0.2, 0.25) is 0 Å². The Morgan fingerprint density at radius 2 is 1.84 bits per heavy atom. The van der Waals surface area contributed by atoms with Gasteiger partial charge in [0, 0.05) is 17.0 Å². The van der Waals surface area contributed by atoms with Crippen molar-refractivity contribution in [2.75, 3.05) is 5.73 Å². The van der Waals surface area contributed by atoms with E-state index in [2.05, 4.69) is 25.8 Å². The van der Waals surface area contributed by atoms with E-state index < -0.39 is 0 Å². The molecule has 1 aromatic rings. The highest BCUT2D eigenvalue weighted by Gasteiger charge is 2.64. The number of Topliss-reactive ketones (excluding diaryl/α,β-unsaturated/α-hetero) is 1. The average molecular weight is 256 g/mol. The molecule has 100 valence electrons. The Morgan fingerprint density at radius 1 is 1.21 bits per heavy atom. The smallest absolute Gasteiger partial charge is 0.183 e. The molecule has 1 aromatic carbocycles. The van der Waals surface area contributed by atoms with Gasteiger partial charge in [0.1, 0.15) is 0 Å². The normalized spacial score (nSPS) is 34.2. The van der Waals surface area contributed by atoms with Crippen LogP contribution in [-0.2, 0) is 4.79 Å². The second-order valence-corrected chi connectivity index (χ2v) is 6.56. The number of aliphatic imine (C=N–C) groups is 1. The Kier molecular flexibility index (Phi) is 2.40. The molecule has 2 bridgehead atoms. The van der Waals surface area contributed by atoms with Gasteiger partial charge in [-0.25, -0.2) is 4.99 Å². The van der Waals surface area contributed by atoms with Crippen molar-refractivity contribution in [3.63, 3.8) is 0 Å². The SMILES string of the molecule is CC12CCC(C(=Nc3ccc(N)cc3)C1=O)C2(C)C. The van der Waals surface area contributed by atoms with E-state index in [-0.39, 0.29) is 16.6 Å². The average Bonchev–Trinajstić information content (AvgIpc) is 2.66. The Labute approximate surface area is 113 Å². The van der Waals surface area contributed by atoms with Crippen molar-refractivity contribution < 1.29 is 4.79 Å². The number of carbonyl (C=O) groups excluding carboxylic acids is 1. The third-order valence-corrected chi connectivity index (χ3v) is 5.43. The number of hydrogen-bond donors (Lipinski definition) is 1. The number of nitrogens with zero attached hydrogens (tertiary/aromatic N) is 1. The summed E-state index contributed by atoms with van der Waals surface area (Å²) in [5.74, 6) is 0.535. The Hall–Kier alpha value is -1.64. The highest BCUT2D eigenvalue weighted by molar-refractivity contribution is 6.46. The fourth-order valence-corrected chi connectivity index (χ4v) is 3.64. The number of benzene rings is 1. The van der Waals surface area contributed by atoms with Gasteiger partial charge >= 0.3 is 0 Å². The second kappa shape index (κ2) is 3.69. The van der Waals surface area contributed by atoms with Gasteiger partial charge in [-0.2, -0.15) is 0 Å². The van der Waals surface area contributed by atoms with Gasteiger partial charge in [0.05, 0.1) is 11.4 Å². The van der Waals surface area contributed by atoms with Gasteiger partial charge in [-0.15, -0.1) is 0 Å². The summed E-state index contributed by atoms with van der Waals surface area (Å²) in [4.78, 5) is 17.2. The largest absolute Gasteiger partial charge is 0.399 e. The van der Waals surface area contributed by atoms with Crippen LogP contribution in [0, 0.1) is 16.7 Å². The fraction of sp³-hybridized carbons (Fsp3) is 0.500. The lowest BCUT2D eigenvalue weighted by Crippen LogP contribution is -2.33. The maximum Gasteiger partial charge on any atom is 0.183 e. The summed E-state index contributed by atoms with van der Waals surface area (Å²) in [7, 11) is 0. The minimum atomic E-state index is -0.232. The molecule has 0 heterocycles.